The summed E-state index contributed by atoms with van der Waals surface area (Å²) in [5.41, 5.74) is 0.419. The van der Waals surface area contributed by atoms with Gasteiger partial charge < -0.3 is 9.64 Å². The van der Waals surface area contributed by atoms with Gasteiger partial charge in [0.05, 0.1) is 18.7 Å². The normalized spacial score (nSPS) is 17.8. The molecule has 0 aromatic carbocycles. The minimum Gasteiger partial charge on any atom is -0.466 e. The van der Waals surface area contributed by atoms with Crippen LogP contribution < -0.4 is 5.56 Å². The second-order valence-corrected chi connectivity index (χ2v) is 5.66. The van der Waals surface area contributed by atoms with E-state index in [1.54, 1.807) is 17.9 Å². The third-order valence-corrected chi connectivity index (χ3v) is 3.99. The van der Waals surface area contributed by atoms with Crippen LogP contribution in [0.5, 0.6) is 0 Å². The fourth-order valence-corrected chi connectivity index (χ4v) is 2.84. The van der Waals surface area contributed by atoms with E-state index in [0.29, 0.717) is 31.7 Å². The number of nitrogens with one attached hydrogen (secondary N) is 1. The largest absolute Gasteiger partial charge is 0.466 e. The van der Waals surface area contributed by atoms with Crippen molar-refractivity contribution in [2.24, 2.45) is 0 Å². The van der Waals surface area contributed by atoms with Crippen LogP contribution in [0.15, 0.2) is 16.9 Å². The Morgan fingerprint density at radius 1 is 1.39 bits per heavy atom. The molecule has 0 bridgehead atoms. The van der Waals surface area contributed by atoms with E-state index in [-0.39, 0.29) is 29.9 Å². The van der Waals surface area contributed by atoms with Gasteiger partial charge in [0.1, 0.15) is 0 Å². The van der Waals surface area contributed by atoms with Crippen LogP contribution in [0.4, 0.5) is 0 Å². The number of hydrogen-bond donors (Lipinski definition) is 1. The molecule has 7 nitrogen and oxygen atoms in total. The van der Waals surface area contributed by atoms with Crippen molar-refractivity contribution in [2.75, 3.05) is 13.2 Å². The van der Waals surface area contributed by atoms with Crippen LogP contribution in [0.2, 0.25) is 0 Å². The summed E-state index contributed by atoms with van der Waals surface area (Å²) in [5.74, 6) is -0.230. The number of nitrogens with zero attached hydrogens (tertiary/aromatic N) is 2. The Bertz CT molecular complexity index is 579. The van der Waals surface area contributed by atoms with E-state index < -0.39 is 0 Å². The first-order valence-corrected chi connectivity index (χ1v) is 8.10. The SMILES string of the molecule is CCOC(=O)CC1CCCCN1C(=O)CCc1ccc(=O)[nH]n1. The number of likely N-dealkylation sites (tertiary alicyclic amines) is 1. The van der Waals surface area contributed by atoms with Crippen LogP contribution in [0.3, 0.4) is 0 Å². The van der Waals surface area contributed by atoms with Crippen molar-refractivity contribution in [3.8, 4) is 0 Å². The lowest BCUT2D eigenvalue weighted by Crippen LogP contribution is -2.45. The quantitative estimate of drug-likeness (QED) is 0.790. The molecule has 1 aliphatic rings. The first-order valence-electron chi connectivity index (χ1n) is 8.10. The Morgan fingerprint density at radius 2 is 2.22 bits per heavy atom. The molecule has 7 heteroatoms. The van der Waals surface area contributed by atoms with Gasteiger partial charge in [0.15, 0.2) is 0 Å². The topological polar surface area (TPSA) is 92.4 Å². The van der Waals surface area contributed by atoms with Crippen LogP contribution in [0.1, 0.15) is 44.7 Å². The third-order valence-electron chi connectivity index (χ3n) is 3.99. The van der Waals surface area contributed by atoms with Crippen molar-refractivity contribution in [2.45, 2.75) is 51.5 Å². The lowest BCUT2D eigenvalue weighted by Gasteiger charge is -2.35. The van der Waals surface area contributed by atoms with E-state index in [0.717, 1.165) is 19.3 Å². The maximum atomic E-state index is 12.5. The summed E-state index contributed by atoms with van der Waals surface area (Å²) < 4.78 is 4.99. The van der Waals surface area contributed by atoms with Gasteiger partial charge in [-0.1, -0.05) is 0 Å². The number of amides is 1. The van der Waals surface area contributed by atoms with E-state index in [1.165, 1.54) is 6.07 Å². The predicted molar refractivity (Wildman–Crippen MR) is 83.8 cm³/mol. The number of aromatic amines is 1. The molecule has 1 amide bonds. The number of hydrogen-bond acceptors (Lipinski definition) is 5. The van der Waals surface area contributed by atoms with Gasteiger partial charge in [-0.3, -0.25) is 14.4 Å². The molecule has 1 aromatic heterocycles. The van der Waals surface area contributed by atoms with Crippen LogP contribution in [0.25, 0.3) is 0 Å². The molecular weight excluding hydrogens is 298 g/mol. The summed E-state index contributed by atoms with van der Waals surface area (Å²) in [5, 5.41) is 6.27. The van der Waals surface area contributed by atoms with Crippen LogP contribution in [-0.2, 0) is 20.7 Å². The molecule has 1 N–H and O–H groups in total. The number of aryl methyl sites for hydroxylation is 1. The molecule has 0 aliphatic carbocycles. The summed E-state index contributed by atoms with van der Waals surface area (Å²) in [6, 6.07) is 2.95. The van der Waals surface area contributed by atoms with E-state index in [1.807, 2.05) is 0 Å². The monoisotopic (exact) mass is 321 g/mol. The maximum absolute atomic E-state index is 12.5. The second kappa shape index (κ2) is 8.45. The van der Waals surface area contributed by atoms with Crippen molar-refractivity contribution in [3.05, 3.63) is 28.2 Å². The summed E-state index contributed by atoms with van der Waals surface area (Å²) in [4.78, 5) is 36.9. The van der Waals surface area contributed by atoms with Gasteiger partial charge in [0, 0.05) is 31.5 Å². The molecule has 126 valence electrons. The highest BCUT2D eigenvalue weighted by molar-refractivity contribution is 5.78. The number of H-pyrrole nitrogens is 1. The van der Waals surface area contributed by atoms with Gasteiger partial charge in [-0.15, -0.1) is 0 Å². The minimum atomic E-state index is -0.259. The fourth-order valence-electron chi connectivity index (χ4n) is 2.84. The van der Waals surface area contributed by atoms with Gasteiger partial charge in [0.25, 0.3) is 5.56 Å². The molecule has 1 aromatic rings. The number of esters is 1. The molecule has 0 radical (unpaired) electrons. The molecule has 1 atom stereocenters. The van der Waals surface area contributed by atoms with E-state index in [2.05, 4.69) is 10.2 Å². The van der Waals surface area contributed by atoms with E-state index >= 15 is 0 Å². The van der Waals surface area contributed by atoms with Gasteiger partial charge in [-0.05, 0) is 32.3 Å². The summed E-state index contributed by atoms with van der Waals surface area (Å²) in [6.45, 7) is 2.82. The maximum Gasteiger partial charge on any atom is 0.307 e. The molecule has 1 saturated heterocycles. The highest BCUT2D eigenvalue weighted by Gasteiger charge is 2.28. The van der Waals surface area contributed by atoms with Crippen molar-refractivity contribution in [3.63, 3.8) is 0 Å². The van der Waals surface area contributed by atoms with Crippen molar-refractivity contribution in [1.82, 2.24) is 15.1 Å². The third kappa shape index (κ3) is 5.19. The van der Waals surface area contributed by atoms with Crippen LogP contribution in [-0.4, -0.2) is 46.2 Å². The van der Waals surface area contributed by atoms with Gasteiger partial charge in [-0.25, -0.2) is 5.10 Å². The smallest absolute Gasteiger partial charge is 0.307 e. The molecule has 23 heavy (non-hydrogen) atoms. The number of carbonyl (C=O) groups is 2. The number of carbonyl (C=O) groups excluding carboxylic acids is 2. The number of rotatable bonds is 6. The number of ether oxygens (including phenoxy) is 1. The molecule has 2 heterocycles. The Balaban J connectivity index is 1.90. The number of piperidine rings is 1. The van der Waals surface area contributed by atoms with E-state index in [9.17, 15) is 14.4 Å². The molecule has 1 unspecified atom stereocenters. The lowest BCUT2D eigenvalue weighted by molar-refractivity contribution is -0.146. The predicted octanol–water partition coefficient (Wildman–Crippen LogP) is 1.04. The van der Waals surface area contributed by atoms with Gasteiger partial charge >= 0.3 is 5.97 Å². The summed E-state index contributed by atoms with van der Waals surface area (Å²) in [7, 11) is 0. The van der Waals surface area contributed by atoms with Gasteiger partial charge in [0.2, 0.25) is 5.91 Å². The first kappa shape index (κ1) is 17.2. The van der Waals surface area contributed by atoms with Crippen molar-refractivity contribution in [1.29, 1.82) is 0 Å². The number of aromatic nitrogens is 2. The summed E-state index contributed by atoms with van der Waals surface area (Å²) >= 11 is 0. The van der Waals surface area contributed by atoms with Crippen molar-refractivity contribution < 1.29 is 14.3 Å². The zero-order valence-electron chi connectivity index (χ0n) is 13.4. The summed E-state index contributed by atoms with van der Waals surface area (Å²) in [6.07, 6.45) is 3.87. The average molecular weight is 321 g/mol. The fraction of sp³-hybridized carbons (Fsp3) is 0.625. The van der Waals surface area contributed by atoms with Crippen LogP contribution >= 0.6 is 0 Å². The molecule has 1 aliphatic heterocycles. The molecule has 1 fully saturated rings. The van der Waals surface area contributed by atoms with Crippen molar-refractivity contribution >= 4 is 11.9 Å². The Kier molecular flexibility index (Phi) is 6.31. The highest BCUT2D eigenvalue weighted by Crippen LogP contribution is 2.21. The zero-order valence-corrected chi connectivity index (χ0v) is 13.4. The standard InChI is InChI=1S/C16H23N3O4/c1-2-23-16(22)11-13-5-3-4-10-19(13)15(21)9-7-12-6-8-14(20)18-17-12/h6,8,13H,2-5,7,9-11H2,1H3,(H,18,20). The lowest BCUT2D eigenvalue weighted by atomic mass is 9.98. The Labute approximate surface area is 135 Å². The Hall–Kier alpha value is -2.18. The molecular formula is C16H23N3O4. The molecule has 0 saturated carbocycles. The first-order chi connectivity index (χ1) is 11.1. The minimum absolute atomic E-state index is 0.0204. The highest BCUT2D eigenvalue weighted by atomic mass is 16.5. The second-order valence-electron chi connectivity index (χ2n) is 5.66. The van der Waals surface area contributed by atoms with Gasteiger partial charge in [-0.2, -0.15) is 5.10 Å². The molecule has 0 spiro atoms. The Morgan fingerprint density at radius 3 is 2.91 bits per heavy atom. The molecule has 2 rings (SSSR count). The average Bonchev–Trinajstić information content (AvgIpc) is 2.55. The van der Waals surface area contributed by atoms with Crippen LogP contribution in [0, 0.1) is 0 Å². The van der Waals surface area contributed by atoms with E-state index in [4.69, 9.17) is 4.74 Å². The zero-order chi connectivity index (χ0) is 16.7.